The second-order valence-corrected chi connectivity index (χ2v) is 5.11. The fraction of sp³-hybridized carbons (Fsp3) is 0.600. The molecule has 0 aromatic carbocycles. The molecule has 2 rings (SSSR count). The summed E-state index contributed by atoms with van der Waals surface area (Å²) in [5.41, 5.74) is 0. The lowest BCUT2D eigenvalue weighted by atomic mass is 10.4. The SMILES string of the molecule is COCc1nc(Cl)cc(N2CCSCC2)n1. The lowest BCUT2D eigenvalue weighted by molar-refractivity contribution is 0.178. The molecule has 0 spiro atoms. The number of anilines is 1. The van der Waals surface area contributed by atoms with Gasteiger partial charge in [-0.25, -0.2) is 9.97 Å². The van der Waals surface area contributed by atoms with E-state index >= 15 is 0 Å². The molecule has 1 aromatic rings. The highest BCUT2D eigenvalue weighted by Gasteiger charge is 2.14. The van der Waals surface area contributed by atoms with Crippen LogP contribution >= 0.6 is 23.4 Å². The molecule has 1 saturated heterocycles. The van der Waals surface area contributed by atoms with Crippen LogP contribution in [-0.4, -0.2) is 41.7 Å². The lowest BCUT2D eigenvalue weighted by Gasteiger charge is -2.27. The van der Waals surface area contributed by atoms with Gasteiger partial charge in [-0.15, -0.1) is 0 Å². The third kappa shape index (κ3) is 2.99. The average molecular weight is 260 g/mol. The molecule has 0 atom stereocenters. The fourth-order valence-electron chi connectivity index (χ4n) is 1.60. The quantitative estimate of drug-likeness (QED) is 0.775. The maximum absolute atomic E-state index is 5.97. The van der Waals surface area contributed by atoms with Crippen molar-refractivity contribution < 1.29 is 4.74 Å². The van der Waals surface area contributed by atoms with E-state index in [1.54, 1.807) is 7.11 Å². The van der Waals surface area contributed by atoms with Crippen LogP contribution in [0.2, 0.25) is 5.15 Å². The van der Waals surface area contributed by atoms with Crippen molar-refractivity contribution >= 4 is 29.2 Å². The number of ether oxygens (including phenoxy) is 1. The van der Waals surface area contributed by atoms with Crippen LogP contribution in [0.5, 0.6) is 0 Å². The summed E-state index contributed by atoms with van der Waals surface area (Å²) in [7, 11) is 1.63. The number of methoxy groups -OCH3 is 1. The molecule has 0 saturated carbocycles. The van der Waals surface area contributed by atoms with Gasteiger partial charge in [0.05, 0.1) is 0 Å². The Morgan fingerprint density at radius 1 is 1.44 bits per heavy atom. The minimum atomic E-state index is 0.399. The number of hydrogen-bond donors (Lipinski definition) is 0. The molecule has 0 aliphatic carbocycles. The maximum atomic E-state index is 5.97. The summed E-state index contributed by atoms with van der Waals surface area (Å²) in [6, 6.07) is 1.82. The smallest absolute Gasteiger partial charge is 0.158 e. The van der Waals surface area contributed by atoms with Crippen molar-refractivity contribution in [2.24, 2.45) is 0 Å². The first-order chi connectivity index (χ1) is 7.79. The van der Waals surface area contributed by atoms with Crippen LogP contribution in [0.15, 0.2) is 6.07 Å². The Labute approximate surface area is 104 Å². The third-order valence-electron chi connectivity index (χ3n) is 2.34. The largest absolute Gasteiger partial charge is 0.377 e. The number of aromatic nitrogens is 2. The zero-order chi connectivity index (χ0) is 11.4. The zero-order valence-electron chi connectivity index (χ0n) is 9.15. The maximum Gasteiger partial charge on any atom is 0.158 e. The Morgan fingerprint density at radius 3 is 2.88 bits per heavy atom. The highest BCUT2D eigenvalue weighted by Crippen LogP contribution is 2.20. The molecule has 0 bridgehead atoms. The first kappa shape index (κ1) is 12.0. The van der Waals surface area contributed by atoms with E-state index in [1.165, 1.54) is 0 Å². The fourth-order valence-corrected chi connectivity index (χ4v) is 2.70. The van der Waals surface area contributed by atoms with Crippen molar-refractivity contribution in [1.29, 1.82) is 0 Å². The summed E-state index contributed by atoms with van der Waals surface area (Å²) in [5.74, 6) is 3.83. The zero-order valence-corrected chi connectivity index (χ0v) is 10.7. The Balaban J connectivity index is 2.18. The van der Waals surface area contributed by atoms with Crippen molar-refractivity contribution in [3.05, 3.63) is 17.0 Å². The predicted molar refractivity (Wildman–Crippen MR) is 67.3 cm³/mol. The van der Waals surface area contributed by atoms with E-state index in [1.807, 2.05) is 17.8 Å². The van der Waals surface area contributed by atoms with E-state index in [-0.39, 0.29) is 0 Å². The minimum Gasteiger partial charge on any atom is -0.377 e. The van der Waals surface area contributed by atoms with Gasteiger partial charge < -0.3 is 9.64 Å². The van der Waals surface area contributed by atoms with Crippen LogP contribution in [0, 0.1) is 0 Å². The predicted octanol–water partition coefficient (Wildman–Crippen LogP) is 1.83. The molecular formula is C10H14ClN3OS. The minimum absolute atomic E-state index is 0.399. The molecule has 4 nitrogen and oxygen atoms in total. The van der Waals surface area contributed by atoms with Gasteiger partial charge >= 0.3 is 0 Å². The van der Waals surface area contributed by atoms with Crippen molar-refractivity contribution in [1.82, 2.24) is 9.97 Å². The summed E-state index contributed by atoms with van der Waals surface area (Å²) >= 11 is 7.94. The van der Waals surface area contributed by atoms with E-state index in [2.05, 4.69) is 14.9 Å². The summed E-state index contributed by atoms with van der Waals surface area (Å²) in [4.78, 5) is 10.8. The number of thioether (sulfide) groups is 1. The van der Waals surface area contributed by atoms with Crippen molar-refractivity contribution in [2.75, 3.05) is 36.6 Å². The second-order valence-electron chi connectivity index (χ2n) is 3.50. The molecule has 6 heteroatoms. The van der Waals surface area contributed by atoms with Gasteiger partial charge in [0.2, 0.25) is 0 Å². The molecule has 1 aliphatic rings. The lowest BCUT2D eigenvalue weighted by Crippen LogP contribution is -2.33. The van der Waals surface area contributed by atoms with Gasteiger partial charge in [0, 0.05) is 37.8 Å². The molecule has 88 valence electrons. The van der Waals surface area contributed by atoms with Crippen LogP contribution in [0.4, 0.5) is 5.82 Å². The molecule has 1 aromatic heterocycles. The first-order valence-electron chi connectivity index (χ1n) is 5.14. The molecule has 0 N–H and O–H groups in total. The van der Waals surface area contributed by atoms with E-state index in [9.17, 15) is 0 Å². The topological polar surface area (TPSA) is 38.2 Å². The molecule has 16 heavy (non-hydrogen) atoms. The number of rotatable bonds is 3. The van der Waals surface area contributed by atoms with Crippen molar-refractivity contribution in [2.45, 2.75) is 6.61 Å². The van der Waals surface area contributed by atoms with Gasteiger partial charge in [0.15, 0.2) is 5.82 Å². The Morgan fingerprint density at radius 2 is 2.19 bits per heavy atom. The highest BCUT2D eigenvalue weighted by atomic mass is 35.5. The first-order valence-corrected chi connectivity index (χ1v) is 6.68. The van der Waals surface area contributed by atoms with Gasteiger partial charge in [0.25, 0.3) is 0 Å². The summed E-state index contributed by atoms with van der Waals surface area (Å²) in [6.07, 6.45) is 0. The monoisotopic (exact) mass is 259 g/mol. The summed E-state index contributed by atoms with van der Waals surface area (Å²) < 4.78 is 5.02. The van der Waals surface area contributed by atoms with E-state index in [0.29, 0.717) is 17.6 Å². The molecule has 2 heterocycles. The highest BCUT2D eigenvalue weighted by molar-refractivity contribution is 7.99. The van der Waals surface area contributed by atoms with E-state index in [0.717, 1.165) is 30.4 Å². The third-order valence-corrected chi connectivity index (χ3v) is 3.47. The Bertz CT molecular complexity index is 358. The average Bonchev–Trinajstić information content (AvgIpc) is 2.30. The van der Waals surface area contributed by atoms with Crippen LogP contribution < -0.4 is 4.90 Å². The molecular weight excluding hydrogens is 246 g/mol. The van der Waals surface area contributed by atoms with Gasteiger partial charge in [-0.05, 0) is 0 Å². The molecule has 0 radical (unpaired) electrons. The standard InChI is InChI=1S/C10H14ClN3OS/c1-15-7-9-12-8(11)6-10(13-9)14-2-4-16-5-3-14/h6H,2-5,7H2,1H3. The van der Waals surface area contributed by atoms with Crippen LogP contribution in [0.3, 0.4) is 0 Å². The number of nitrogens with zero attached hydrogens (tertiary/aromatic N) is 3. The summed E-state index contributed by atoms with van der Waals surface area (Å²) in [5, 5.41) is 0.482. The van der Waals surface area contributed by atoms with E-state index in [4.69, 9.17) is 16.3 Å². The molecule has 1 fully saturated rings. The van der Waals surface area contributed by atoms with Gasteiger partial charge in [0.1, 0.15) is 17.6 Å². The van der Waals surface area contributed by atoms with Crippen molar-refractivity contribution in [3.8, 4) is 0 Å². The number of halogens is 1. The normalized spacial score (nSPS) is 16.5. The summed E-state index contributed by atoms with van der Waals surface area (Å²) in [6.45, 7) is 2.44. The Kier molecular flexibility index (Phi) is 4.26. The number of hydrogen-bond acceptors (Lipinski definition) is 5. The van der Waals surface area contributed by atoms with Crippen LogP contribution in [0.1, 0.15) is 5.82 Å². The molecule has 1 aliphatic heterocycles. The van der Waals surface area contributed by atoms with Gasteiger partial charge in [-0.1, -0.05) is 11.6 Å². The van der Waals surface area contributed by atoms with Crippen molar-refractivity contribution in [3.63, 3.8) is 0 Å². The van der Waals surface area contributed by atoms with Gasteiger partial charge in [-0.3, -0.25) is 0 Å². The molecule has 0 amide bonds. The van der Waals surface area contributed by atoms with E-state index < -0.39 is 0 Å². The van der Waals surface area contributed by atoms with Crippen LogP contribution in [0.25, 0.3) is 0 Å². The van der Waals surface area contributed by atoms with Crippen LogP contribution in [-0.2, 0) is 11.3 Å². The van der Waals surface area contributed by atoms with Gasteiger partial charge in [-0.2, -0.15) is 11.8 Å². The second kappa shape index (κ2) is 5.70. The Hall–Kier alpha value is -0.520. The molecule has 0 unspecified atom stereocenters.